The molecule has 172 valence electrons. The van der Waals surface area contributed by atoms with Crippen LogP contribution in [0.5, 0.6) is 5.75 Å². The molecular weight excluding hydrogens is 459 g/mol. The van der Waals surface area contributed by atoms with E-state index in [0.29, 0.717) is 22.3 Å². The van der Waals surface area contributed by atoms with E-state index in [2.05, 4.69) is 20.2 Å². The number of nitrogens with one attached hydrogen (secondary N) is 1. The molecule has 1 aliphatic rings. The molecule has 8 heteroatoms. The summed E-state index contributed by atoms with van der Waals surface area (Å²) >= 11 is 12.0. The summed E-state index contributed by atoms with van der Waals surface area (Å²) in [5.41, 5.74) is 1.62. The lowest BCUT2D eigenvalue weighted by atomic mass is 9.94. The second kappa shape index (κ2) is 11.5. The van der Waals surface area contributed by atoms with Crippen LogP contribution in [0.1, 0.15) is 30.1 Å². The maximum Gasteiger partial charge on any atom is 0.224 e. The fourth-order valence-electron chi connectivity index (χ4n) is 3.95. The minimum atomic E-state index is -0.366. The number of nitrogens with zero attached hydrogens (tertiary/aromatic N) is 3. The molecule has 4 rings (SSSR count). The van der Waals surface area contributed by atoms with Crippen molar-refractivity contribution in [1.82, 2.24) is 20.2 Å². The third-order valence-corrected chi connectivity index (χ3v) is 6.32. The zero-order valence-corrected chi connectivity index (χ0v) is 19.7. The van der Waals surface area contributed by atoms with Crippen molar-refractivity contribution in [3.63, 3.8) is 0 Å². The maximum absolute atomic E-state index is 13.1. The molecule has 0 spiro atoms. The number of ether oxygens (including phenoxy) is 1. The molecule has 1 amide bonds. The molecule has 2 aromatic carbocycles. The Labute approximate surface area is 203 Å². The summed E-state index contributed by atoms with van der Waals surface area (Å²) in [6, 6.07) is 14.5. The summed E-state index contributed by atoms with van der Waals surface area (Å²) in [7, 11) is 0. The van der Waals surface area contributed by atoms with Gasteiger partial charge in [-0.1, -0.05) is 35.3 Å². The van der Waals surface area contributed by atoms with E-state index in [1.807, 2.05) is 48.5 Å². The van der Waals surface area contributed by atoms with Crippen LogP contribution in [0.25, 0.3) is 0 Å². The number of carbonyl (C=O) groups is 1. The molecule has 6 nitrogen and oxygen atoms in total. The summed E-state index contributed by atoms with van der Waals surface area (Å²) in [4.78, 5) is 24.0. The molecule has 0 bridgehead atoms. The van der Waals surface area contributed by atoms with Gasteiger partial charge in [-0.05, 0) is 67.9 Å². The van der Waals surface area contributed by atoms with Crippen LogP contribution in [0.2, 0.25) is 10.0 Å². The first kappa shape index (κ1) is 23.5. The van der Waals surface area contributed by atoms with Crippen molar-refractivity contribution in [3.8, 4) is 5.75 Å². The first-order valence-corrected chi connectivity index (χ1v) is 11.8. The number of benzene rings is 2. The Kier molecular flexibility index (Phi) is 8.15. The summed E-state index contributed by atoms with van der Waals surface area (Å²) in [6.07, 6.45) is 6.55. The van der Waals surface area contributed by atoms with Crippen LogP contribution in [0.15, 0.2) is 67.1 Å². The van der Waals surface area contributed by atoms with E-state index in [9.17, 15) is 4.79 Å². The van der Waals surface area contributed by atoms with Crippen LogP contribution >= 0.6 is 23.2 Å². The van der Waals surface area contributed by atoms with Crippen LogP contribution in [-0.2, 0) is 4.79 Å². The van der Waals surface area contributed by atoms with Crippen LogP contribution in [0, 0.1) is 5.92 Å². The molecule has 0 aliphatic carbocycles. The van der Waals surface area contributed by atoms with Crippen molar-refractivity contribution >= 4 is 29.1 Å². The van der Waals surface area contributed by atoms with Gasteiger partial charge in [0, 0.05) is 34.9 Å². The molecule has 0 radical (unpaired) electrons. The van der Waals surface area contributed by atoms with Crippen molar-refractivity contribution < 1.29 is 9.53 Å². The van der Waals surface area contributed by atoms with Crippen molar-refractivity contribution in [2.75, 3.05) is 26.2 Å². The van der Waals surface area contributed by atoms with Gasteiger partial charge in [-0.15, -0.1) is 0 Å². The van der Waals surface area contributed by atoms with Crippen molar-refractivity contribution in [2.45, 2.75) is 18.9 Å². The van der Waals surface area contributed by atoms with E-state index >= 15 is 0 Å². The van der Waals surface area contributed by atoms with Gasteiger partial charge < -0.3 is 10.1 Å². The lowest BCUT2D eigenvalue weighted by Crippen LogP contribution is -2.43. The second-order valence-electron chi connectivity index (χ2n) is 8.04. The minimum absolute atomic E-state index is 0.0371. The Balaban J connectivity index is 1.29. The van der Waals surface area contributed by atoms with Crippen LogP contribution in [0.3, 0.4) is 0 Å². The van der Waals surface area contributed by atoms with E-state index in [1.54, 1.807) is 18.6 Å². The van der Waals surface area contributed by atoms with Gasteiger partial charge in [0.2, 0.25) is 5.91 Å². The number of amides is 1. The zero-order chi connectivity index (χ0) is 23.0. The summed E-state index contributed by atoms with van der Waals surface area (Å²) < 4.78 is 5.80. The highest BCUT2D eigenvalue weighted by Gasteiger charge is 2.28. The van der Waals surface area contributed by atoms with Gasteiger partial charge in [-0.25, -0.2) is 0 Å². The molecule has 3 aromatic rings. The third kappa shape index (κ3) is 6.67. The van der Waals surface area contributed by atoms with E-state index in [0.717, 1.165) is 43.8 Å². The average Bonchev–Trinajstić information content (AvgIpc) is 2.85. The zero-order valence-electron chi connectivity index (χ0n) is 18.2. The van der Waals surface area contributed by atoms with Gasteiger partial charge >= 0.3 is 0 Å². The molecule has 1 aliphatic heterocycles. The number of rotatable bonds is 8. The summed E-state index contributed by atoms with van der Waals surface area (Å²) in [6.45, 7) is 3.14. The van der Waals surface area contributed by atoms with Gasteiger partial charge in [0.1, 0.15) is 12.4 Å². The summed E-state index contributed by atoms with van der Waals surface area (Å²) in [5, 5.41) is 4.53. The Morgan fingerprint density at radius 3 is 2.33 bits per heavy atom. The Morgan fingerprint density at radius 2 is 1.70 bits per heavy atom. The van der Waals surface area contributed by atoms with E-state index in [1.165, 1.54) is 0 Å². The van der Waals surface area contributed by atoms with Crippen molar-refractivity contribution in [3.05, 3.63) is 88.4 Å². The Bertz CT molecular complexity index is 1020. The largest absolute Gasteiger partial charge is 0.492 e. The smallest absolute Gasteiger partial charge is 0.224 e. The lowest BCUT2D eigenvalue weighted by Gasteiger charge is -2.32. The van der Waals surface area contributed by atoms with Gasteiger partial charge in [-0.2, -0.15) is 0 Å². The molecule has 0 saturated carbocycles. The second-order valence-corrected chi connectivity index (χ2v) is 8.91. The average molecular weight is 485 g/mol. The van der Waals surface area contributed by atoms with Crippen LogP contribution in [0.4, 0.5) is 0 Å². The fraction of sp³-hybridized carbons (Fsp3) is 0.320. The number of piperidine rings is 1. The van der Waals surface area contributed by atoms with E-state index in [-0.39, 0.29) is 17.9 Å². The quantitative estimate of drug-likeness (QED) is 0.498. The number of halogens is 2. The fourth-order valence-corrected chi connectivity index (χ4v) is 4.20. The SMILES string of the molecule is O=C(NC(c1ccc(Cl)cc1)c1cnccn1)C1CCN(CCOc2ccc(Cl)cc2)CC1. The molecule has 2 heterocycles. The molecule has 1 fully saturated rings. The van der Waals surface area contributed by atoms with Gasteiger partial charge in [0.15, 0.2) is 0 Å². The minimum Gasteiger partial charge on any atom is -0.492 e. The summed E-state index contributed by atoms with van der Waals surface area (Å²) in [5.74, 6) is 0.813. The third-order valence-electron chi connectivity index (χ3n) is 5.82. The molecule has 33 heavy (non-hydrogen) atoms. The normalized spacial score (nSPS) is 15.7. The molecule has 1 saturated heterocycles. The molecule has 1 atom stereocenters. The standard InChI is InChI=1S/C25H26Cl2N4O2/c26-20-3-1-18(2-4-20)24(23-17-28-11-12-29-23)30-25(32)19-9-13-31(14-10-19)15-16-33-22-7-5-21(27)6-8-22/h1-8,11-12,17,19,24H,9-10,13-16H2,(H,30,32). The highest BCUT2D eigenvalue weighted by Crippen LogP contribution is 2.24. The molecule has 1 N–H and O–H groups in total. The Hall–Kier alpha value is -2.67. The molecule has 1 aromatic heterocycles. The highest BCUT2D eigenvalue weighted by atomic mass is 35.5. The Morgan fingerprint density at radius 1 is 1.03 bits per heavy atom. The number of hydrogen-bond donors (Lipinski definition) is 1. The highest BCUT2D eigenvalue weighted by molar-refractivity contribution is 6.30. The van der Waals surface area contributed by atoms with Crippen LogP contribution in [-0.4, -0.2) is 47.0 Å². The number of likely N-dealkylation sites (tertiary alicyclic amines) is 1. The predicted octanol–water partition coefficient (Wildman–Crippen LogP) is 4.78. The van der Waals surface area contributed by atoms with E-state index in [4.69, 9.17) is 27.9 Å². The number of hydrogen-bond acceptors (Lipinski definition) is 5. The maximum atomic E-state index is 13.1. The lowest BCUT2D eigenvalue weighted by molar-refractivity contribution is -0.127. The number of aromatic nitrogens is 2. The predicted molar refractivity (Wildman–Crippen MR) is 130 cm³/mol. The first-order chi connectivity index (χ1) is 16.1. The van der Waals surface area contributed by atoms with Gasteiger partial charge in [-0.3, -0.25) is 19.7 Å². The van der Waals surface area contributed by atoms with Crippen molar-refractivity contribution in [1.29, 1.82) is 0 Å². The monoisotopic (exact) mass is 484 g/mol. The van der Waals surface area contributed by atoms with Gasteiger partial charge in [0.25, 0.3) is 0 Å². The first-order valence-electron chi connectivity index (χ1n) is 11.0. The van der Waals surface area contributed by atoms with Crippen molar-refractivity contribution in [2.24, 2.45) is 5.92 Å². The van der Waals surface area contributed by atoms with E-state index < -0.39 is 0 Å². The molecule has 1 unspecified atom stereocenters. The number of carbonyl (C=O) groups excluding carboxylic acids is 1. The molecular formula is C25H26Cl2N4O2. The van der Waals surface area contributed by atoms with Crippen LogP contribution < -0.4 is 10.1 Å². The topological polar surface area (TPSA) is 67.4 Å². The van der Waals surface area contributed by atoms with Gasteiger partial charge in [0.05, 0.1) is 17.9 Å².